The third-order valence-corrected chi connectivity index (χ3v) is 3.82. The van der Waals surface area contributed by atoms with Crippen molar-refractivity contribution >= 4 is 11.8 Å². The van der Waals surface area contributed by atoms with Gasteiger partial charge >= 0.3 is 0 Å². The number of furan rings is 1. The monoisotopic (exact) mass is 294 g/mol. The molecule has 1 aliphatic heterocycles. The van der Waals surface area contributed by atoms with E-state index < -0.39 is 0 Å². The quantitative estimate of drug-likeness (QED) is 0.784. The van der Waals surface area contributed by atoms with Gasteiger partial charge in [-0.25, -0.2) is 0 Å². The maximum absolute atomic E-state index is 12.0. The number of ether oxygens (including phenoxy) is 1. The molecule has 1 fully saturated rings. The molecule has 1 unspecified atom stereocenters. The molecule has 6 nitrogen and oxygen atoms in total. The van der Waals surface area contributed by atoms with Gasteiger partial charge in [0.25, 0.3) is 0 Å². The summed E-state index contributed by atoms with van der Waals surface area (Å²) in [6, 6.07) is 1.65. The smallest absolute Gasteiger partial charge is 0.220 e. The van der Waals surface area contributed by atoms with Gasteiger partial charge in [-0.05, 0) is 36.8 Å². The fraction of sp³-hybridized carbons (Fsp3) is 0.600. The minimum absolute atomic E-state index is 0.0612. The number of primary amides is 1. The molecule has 0 bridgehead atoms. The lowest BCUT2D eigenvalue weighted by atomic mass is 9.89. The van der Waals surface area contributed by atoms with Crippen molar-refractivity contribution in [2.75, 3.05) is 13.2 Å². The Morgan fingerprint density at radius 3 is 2.76 bits per heavy atom. The first kappa shape index (κ1) is 15.6. The van der Waals surface area contributed by atoms with Crippen LogP contribution >= 0.6 is 0 Å². The van der Waals surface area contributed by atoms with E-state index in [4.69, 9.17) is 14.9 Å². The normalized spacial score (nSPS) is 17.3. The highest BCUT2D eigenvalue weighted by Crippen LogP contribution is 2.21. The van der Waals surface area contributed by atoms with Crippen LogP contribution in [0.25, 0.3) is 0 Å². The number of amides is 2. The molecule has 2 amide bonds. The van der Waals surface area contributed by atoms with Gasteiger partial charge in [-0.2, -0.15) is 0 Å². The Labute approximate surface area is 124 Å². The summed E-state index contributed by atoms with van der Waals surface area (Å²) >= 11 is 0. The second-order valence-electron chi connectivity index (χ2n) is 5.43. The highest BCUT2D eigenvalue weighted by atomic mass is 16.5. The van der Waals surface area contributed by atoms with Crippen molar-refractivity contribution in [1.82, 2.24) is 5.32 Å². The zero-order valence-corrected chi connectivity index (χ0v) is 12.0. The van der Waals surface area contributed by atoms with E-state index in [9.17, 15) is 9.59 Å². The van der Waals surface area contributed by atoms with Crippen molar-refractivity contribution in [1.29, 1.82) is 0 Å². The third kappa shape index (κ3) is 5.23. The maximum Gasteiger partial charge on any atom is 0.220 e. The van der Waals surface area contributed by atoms with Crippen LogP contribution in [0.1, 0.15) is 31.2 Å². The zero-order chi connectivity index (χ0) is 15.1. The molecule has 2 heterocycles. The molecule has 1 aromatic rings. The van der Waals surface area contributed by atoms with E-state index in [2.05, 4.69) is 5.32 Å². The summed E-state index contributed by atoms with van der Waals surface area (Å²) in [5, 5.41) is 2.95. The average molecular weight is 294 g/mol. The first-order chi connectivity index (χ1) is 10.1. The third-order valence-electron chi connectivity index (χ3n) is 3.82. The van der Waals surface area contributed by atoms with E-state index in [1.54, 1.807) is 12.5 Å². The lowest BCUT2D eigenvalue weighted by Gasteiger charge is -2.30. The summed E-state index contributed by atoms with van der Waals surface area (Å²) in [5.74, 6) is -0.195. The zero-order valence-electron chi connectivity index (χ0n) is 12.0. The van der Waals surface area contributed by atoms with Crippen LogP contribution < -0.4 is 11.1 Å². The second kappa shape index (κ2) is 7.83. The van der Waals surface area contributed by atoms with Gasteiger partial charge in [-0.3, -0.25) is 9.59 Å². The Bertz CT molecular complexity index is 452. The Morgan fingerprint density at radius 1 is 1.38 bits per heavy atom. The average Bonchev–Trinajstić information content (AvgIpc) is 2.98. The molecule has 116 valence electrons. The fourth-order valence-corrected chi connectivity index (χ4v) is 2.64. The molecule has 21 heavy (non-hydrogen) atoms. The van der Waals surface area contributed by atoms with E-state index in [0.717, 1.165) is 18.4 Å². The van der Waals surface area contributed by atoms with Gasteiger partial charge in [0, 0.05) is 32.1 Å². The number of hydrogen-bond donors (Lipinski definition) is 2. The molecule has 0 aromatic carbocycles. The molecule has 2 rings (SSSR count). The maximum atomic E-state index is 12.0. The minimum atomic E-state index is -0.387. The SMILES string of the molecule is NC(=O)CC(NC(=O)CCc1ccoc1)C1CCOCC1. The standard InChI is InChI=1S/C15H22N2O4/c16-14(18)9-13(12-4-7-20-8-5-12)17-15(19)2-1-11-3-6-21-10-11/h3,6,10,12-13H,1-2,4-5,7-9H2,(H2,16,18)(H,17,19). The predicted molar refractivity (Wildman–Crippen MR) is 76.3 cm³/mol. The van der Waals surface area contributed by atoms with Gasteiger partial charge in [0.05, 0.1) is 12.5 Å². The van der Waals surface area contributed by atoms with Crippen LogP contribution in [0.4, 0.5) is 0 Å². The fourth-order valence-electron chi connectivity index (χ4n) is 2.64. The van der Waals surface area contributed by atoms with E-state index in [0.29, 0.717) is 26.1 Å². The molecule has 3 N–H and O–H groups in total. The number of nitrogens with one attached hydrogen (secondary N) is 1. The summed E-state index contributed by atoms with van der Waals surface area (Å²) in [6.07, 6.45) is 6.09. The van der Waals surface area contributed by atoms with Crippen LogP contribution in [-0.2, 0) is 20.7 Å². The molecule has 0 spiro atoms. The molecule has 0 radical (unpaired) electrons. The Balaban J connectivity index is 1.84. The molecule has 0 saturated carbocycles. The number of rotatable bonds is 7. The van der Waals surface area contributed by atoms with Gasteiger partial charge in [0.2, 0.25) is 11.8 Å². The van der Waals surface area contributed by atoms with Gasteiger partial charge in [-0.15, -0.1) is 0 Å². The lowest BCUT2D eigenvalue weighted by molar-refractivity contribution is -0.123. The predicted octanol–water partition coefficient (Wildman–Crippen LogP) is 0.999. The Kier molecular flexibility index (Phi) is 5.80. The van der Waals surface area contributed by atoms with Crippen LogP contribution in [0, 0.1) is 5.92 Å². The summed E-state index contributed by atoms with van der Waals surface area (Å²) in [7, 11) is 0. The molecule has 6 heteroatoms. The van der Waals surface area contributed by atoms with Crippen molar-refractivity contribution in [2.24, 2.45) is 11.7 Å². The van der Waals surface area contributed by atoms with E-state index in [1.165, 1.54) is 0 Å². The molecule has 1 aliphatic rings. The van der Waals surface area contributed by atoms with E-state index >= 15 is 0 Å². The van der Waals surface area contributed by atoms with Gasteiger partial charge in [-0.1, -0.05) is 0 Å². The number of nitrogens with two attached hydrogens (primary N) is 1. The van der Waals surface area contributed by atoms with Crippen LogP contribution in [0.15, 0.2) is 23.0 Å². The van der Waals surface area contributed by atoms with Gasteiger partial charge < -0.3 is 20.2 Å². The number of carbonyl (C=O) groups is 2. The first-order valence-corrected chi connectivity index (χ1v) is 7.31. The van der Waals surface area contributed by atoms with Crippen LogP contribution in [0.5, 0.6) is 0 Å². The van der Waals surface area contributed by atoms with Gasteiger partial charge in [0.15, 0.2) is 0 Å². The van der Waals surface area contributed by atoms with Crippen LogP contribution in [0.3, 0.4) is 0 Å². The lowest BCUT2D eigenvalue weighted by Crippen LogP contribution is -2.44. The summed E-state index contributed by atoms with van der Waals surface area (Å²) in [6.45, 7) is 1.34. The molecule has 1 atom stereocenters. The van der Waals surface area contributed by atoms with Gasteiger partial charge in [0.1, 0.15) is 0 Å². The summed E-state index contributed by atoms with van der Waals surface area (Å²) in [4.78, 5) is 23.3. The molecular weight excluding hydrogens is 272 g/mol. The molecule has 0 aliphatic carbocycles. The largest absolute Gasteiger partial charge is 0.472 e. The van der Waals surface area contributed by atoms with Crippen molar-refractivity contribution in [2.45, 2.75) is 38.1 Å². The number of aryl methyl sites for hydroxylation is 1. The summed E-state index contributed by atoms with van der Waals surface area (Å²) in [5.41, 5.74) is 6.28. The first-order valence-electron chi connectivity index (χ1n) is 7.31. The highest BCUT2D eigenvalue weighted by molar-refractivity contribution is 5.79. The molecule has 1 saturated heterocycles. The second-order valence-corrected chi connectivity index (χ2v) is 5.43. The number of hydrogen-bond acceptors (Lipinski definition) is 4. The van der Waals surface area contributed by atoms with Crippen molar-refractivity contribution in [3.05, 3.63) is 24.2 Å². The van der Waals surface area contributed by atoms with E-state index in [1.807, 2.05) is 6.07 Å². The van der Waals surface area contributed by atoms with Crippen molar-refractivity contribution in [3.8, 4) is 0 Å². The molecule has 1 aromatic heterocycles. The van der Waals surface area contributed by atoms with Crippen LogP contribution in [0.2, 0.25) is 0 Å². The Hall–Kier alpha value is -1.82. The summed E-state index contributed by atoms with van der Waals surface area (Å²) < 4.78 is 10.3. The van der Waals surface area contributed by atoms with E-state index in [-0.39, 0.29) is 30.2 Å². The highest BCUT2D eigenvalue weighted by Gasteiger charge is 2.26. The molecular formula is C15H22N2O4. The topological polar surface area (TPSA) is 94.6 Å². The number of carbonyl (C=O) groups excluding carboxylic acids is 2. The van der Waals surface area contributed by atoms with Crippen molar-refractivity contribution in [3.63, 3.8) is 0 Å². The minimum Gasteiger partial charge on any atom is -0.472 e. The van der Waals surface area contributed by atoms with Crippen molar-refractivity contribution < 1.29 is 18.7 Å². The van der Waals surface area contributed by atoms with Crippen LogP contribution in [-0.4, -0.2) is 31.1 Å². The Morgan fingerprint density at radius 2 is 2.14 bits per heavy atom.